The minimum absolute atomic E-state index is 0.202. The van der Waals surface area contributed by atoms with Crippen LogP contribution in [0.4, 0.5) is 5.82 Å². The molecule has 1 saturated heterocycles. The molecule has 0 spiro atoms. The van der Waals surface area contributed by atoms with Crippen LogP contribution in [0, 0.1) is 11.5 Å². The molecular formula is C31H30N8. The Hall–Kier alpha value is -4.74. The van der Waals surface area contributed by atoms with Gasteiger partial charge in [-0.05, 0) is 55.8 Å². The number of anilines is 1. The predicted molar refractivity (Wildman–Crippen MR) is 154 cm³/mol. The number of hydrogen-bond acceptors (Lipinski definition) is 7. The molecule has 1 aliphatic heterocycles. The van der Waals surface area contributed by atoms with Crippen LogP contribution in [0.3, 0.4) is 0 Å². The summed E-state index contributed by atoms with van der Waals surface area (Å²) in [5.74, 6) is 1.13. The van der Waals surface area contributed by atoms with Gasteiger partial charge in [0.2, 0.25) is 0 Å². The van der Waals surface area contributed by atoms with E-state index in [1.807, 2.05) is 47.4 Å². The van der Waals surface area contributed by atoms with Crippen molar-refractivity contribution in [3.05, 3.63) is 90.6 Å². The number of pyridine rings is 2. The topological polar surface area (TPSA) is 99.9 Å². The zero-order valence-electron chi connectivity index (χ0n) is 22.1. The Morgan fingerprint density at radius 2 is 1.64 bits per heavy atom. The molecule has 1 aliphatic rings. The lowest BCUT2D eigenvalue weighted by molar-refractivity contribution is 0.0777. The van der Waals surface area contributed by atoms with E-state index in [0.717, 1.165) is 53.3 Å². The highest BCUT2D eigenvalue weighted by molar-refractivity contribution is 5.84. The summed E-state index contributed by atoms with van der Waals surface area (Å²) < 4.78 is 2.06. The largest absolute Gasteiger partial charge is 0.383 e. The fourth-order valence-corrected chi connectivity index (χ4v) is 5.53. The lowest BCUT2D eigenvalue weighted by Gasteiger charge is -2.41. The van der Waals surface area contributed by atoms with Crippen LogP contribution in [0.2, 0.25) is 0 Å². The molecule has 39 heavy (non-hydrogen) atoms. The van der Waals surface area contributed by atoms with Crippen molar-refractivity contribution in [1.29, 1.82) is 5.26 Å². The van der Waals surface area contributed by atoms with Crippen molar-refractivity contribution in [2.24, 2.45) is 0 Å². The number of nitrogens with zero attached hydrogens (tertiary/aromatic N) is 7. The monoisotopic (exact) mass is 514 g/mol. The number of hydrogen-bond donors (Lipinski definition) is 1. The Balaban J connectivity index is 1.39. The molecular weight excluding hydrogens is 484 g/mol. The van der Waals surface area contributed by atoms with Crippen LogP contribution < -0.4 is 5.73 Å². The van der Waals surface area contributed by atoms with E-state index in [9.17, 15) is 5.26 Å². The van der Waals surface area contributed by atoms with Gasteiger partial charge in [-0.15, -0.1) is 0 Å². The maximum atomic E-state index is 9.44. The number of aromatic nitrogens is 4. The third-order valence-electron chi connectivity index (χ3n) is 7.36. The van der Waals surface area contributed by atoms with Gasteiger partial charge in [0.15, 0.2) is 17.7 Å². The van der Waals surface area contributed by atoms with Crippen molar-refractivity contribution >= 4 is 17.0 Å². The normalized spacial score (nSPS) is 17.8. The highest BCUT2D eigenvalue weighted by atomic mass is 15.3. The minimum atomic E-state index is 0.202. The van der Waals surface area contributed by atoms with Crippen molar-refractivity contribution in [2.75, 3.05) is 18.8 Å². The lowest BCUT2D eigenvalue weighted by atomic mass is 10.1. The van der Waals surface area contributed by atoms with Crippen LogP contribution in [0.5, 0.6) is 0 Å². The second kappa shape index (κ2) is 10.2. The van der Waals surface area contributed by atoms with E-state index in [2.05, 4.69) is 70.9 Å². The minimum Gasteiger partial charge on any atom is -0.383 e. The van der Waals surface area contributed by atoms with Crippen molar-refractivity contribution in [2.45, 2.75) is 32.5 Å². The van der Waals surface area contributed by atoms with Crippen LogP contribution >= 0.6 is 0 Å². The first kappa shape index (κ1) is 24.6. The van der Waals surface area contributed by atoms with Crippen molar-refractivity contribution in [3.8, 4) is 34.5 Å². The maximum absolute atomic E-state index is 9.44. The molecule has 0 aliphatic carbocycles. The van der Waals surface area contributed by atoms with Gasteiger partial charge in [-0.3, -0.25) is 9.47 Å². The Morgan fingerprint density at radius 3 is 2.33 bits per heavy atom. The standard InChI is InChI=1S/C31H30N8/c1-21-17-37(18-22(2)38(21)20-32)19-23-10-12-25(13-11-23)39-30(26-9-6-16-34-29(26)33)36-28-15-14-27(35-31(28)39)24-7-4-3-5-8-24/h3-16,21-22H,17-19H2,1-2H3,(H2,33,34)/t21-,22+. The van der Waals surface area contributed by atoms with Crippen LogP contribution in [-0.4, -0.2) is 54.5 Å². The molecule has 0 amide bonds. The number of nitrogens with two attached hydrogens (primary N) is 1. The van der Waals surface area contributed by atoms with Gasteiger partial charge in [-0.25, -0.2) is 15.0 Å². The Kier molecular flexibility index (Phi) is 6.43. The van der Waals surface area contributed by atoms with Crippen LogP contribution in [0.1, 0.15) is 19.4 Å². The Bertz CT molecular complexity index is 1640. The molecule has 0 bridgehead atoms. The van der Waals surface area contributed by atoms with Gasteiger partial charge in [0.1, 0.15) is 11.3 Å². The van der Waals surface area contributed by atoms with Gasteiger partial charge in [0, 0.05) is 49.2 Å². The van der Waals surface area contributed by atoms with Crippen molar-refractivity contribution in [3.63, 3.8) is 0 Å². The molecule has 8 heteroatoms. The number of nitriles is 1. The SMILES string of the molecule is C[C@@H]1CN(Cc2ccc(-n3c(-c4cccnc4N)nc4ccc(-c5ccccc5)nc43)cc2)C[C@H](C)N1C#N. The van der Waals surface area contributed by atoms with Gasteiger partial charge in [0.05, 0.1) is 11.3 Å². The van der Waals surface area contributed by atoms with E-state index in [1.165, 1.54) is 5.56 Å². The van der Waals surface area contributed by atoms with E-state index in [0.29, 0.717) is 11.6 Å². The molecule has 194 valence electrons. The van der Waals surface area contributed by atoms with E-state index in [4.69, 9.17) is 15.7 Å². The smallest absolute Gasteiger partial charge is 0.179 e. The molecule has 0 saturated carbocycles. The molecule has 8 nitrogen and oxygen atoms in total. The van der Waals surface area contributed by atoms with E-state index >= 15 is 0 Å². The summed E-state index contributed by atoms with van der Waals surface area (Å²) in [6.07, 6.45) is 4.03. The molecule has 6 rings (SSSR count). The average Bonchev–Trinajstić information content (AvgIpc) is 3.32. The molecule has 0 unspecified atom stereocenters. The summed E-state index contributed by atoms with van der Waals surface area (Å²) in [5, 5.41) is 9.44. The molecule has 3 aromatic heterocycles. The van der Waals surface area contributed by atoms with Crippen LogP contribution in [-0.2, 0) is 6.54 Å². The van der Waals surface area contributed by atoms with Crippen molar-refractivity contribution in [1.82, 2.24) is 29.3 Å². The zero-order valence-corrected chi connectivity index (χ0v) is 22.1. The molecule has 1 fully saturated rings. The number of piperazine rings is 1. The van der Waals surface area contributed by atoms with E-state index in [1.54, 1.807) is 6.20 Å². The molecule has 5 aromatic rings. The maximum Gasteiger partial charge on any atom is 0.179 e. The first-order chi connectivity index (χ1) is 19.0. The highest BCUT2D eigenvalue weighted by Crippen LogP contribution is 2.32. The van der Waals surface area contributed by atoms with E-state index in [-0.39, 0.29) is 12.1 Å². The number of rotatable bonds is 5. The summed E-state index contributed by atoms with van der Waals surface area (Å²) >= 11 is 0. The molecule has 2 atom stereocenters. The quantitative estimate of drug-likeness (QED) is 0.326. The molecule has 0 radical (unpaired) electrons. The second-order valence-electron chi connectivity index (χ2n) is 10.2. The first-order valence-corrected chi connectivity index (χ1v) is 13.2. The molecule has 2 N–H and O–H groups in total. The van der Waals surface area contributed by atoms with Gasteiger partial charge in [-0.1, -0.05) is 42.5 Å². The summed E-state index contributed by atoms with van der Waals surface area (Å²) in [5.41, 5.74) is 12.7. The summed E-state index contributed by atoms with van der Waals surface area (Å²) in [7, 11) is 0. The summed E-state index contributed by atoms with van der Waals surface area (Å²) in [6, 6.07) is 26.9. The van der Waals surface area contributed by atoms with Crippen LogP contribution in [0.25, 0.3) is 39.5 Å². The van der Waals surface area contributed by atoms with Gasteiger partial charge in [-0.2, -0.15) is 5.26 Å². The fourth-order valence-electron chi connectivity index (χ4n) is 5.53. The zero-order chi connectivity index (χ0) is 26.9. The number of fused-ring (bicyclic) bond motifs is 1. The summed E-state index contributed by atoms with van der Waals surface area (Å²) in [4.78, 5) is 18.6. The number of benzene rings is 2. The molecule has 4 heterocycles. The fraction of sp³-hybridized carbons (Fsp3) is 0.226. The van der Waals surface area contributed by atoms with E-state index < -0.39 is 0 Å². The predicted octanol–water partition coefficient (Wildman–Crippen LogP) is 5.11. The highest BCUT2D eigenvalue weighted by Gasteiger charge is 2.28. The van der Waals surface area contributed by atoms with Gasteiger partial charge >= 0.3 is 0 Å². The van der Waals surface area contributed by atoms with Crippen molar-refractivity contribution < 1.29 is 0 Å². The van der Waals surface area contributed by atoms with Gasteiger partial charge < -0.3 is 10.6 Å². The Morgan fingerprint density at radius 1 is 0.897 bits per heavy atom. The first-order valence-electron chi connectivity index (χ1n) is 13.2. The number of imidazole rings is 1. The van der Waals surface area contributed by atoms with Gasteiger partial charge in [0.25, 0.3) is 0 Å². The van der Waals surface area contributed by atoms with Crippen LogP contribution in [0.15, 0.2) is 85.1 Å². The third-order valence-corrected chi connectivity index (χ3v) is 7.36. The Labute approximate surface area is 228 Å². The average molecular weight is 515 g/mol. The second-order valence-corrected chi connectivity index (χ2v) is 10.2. The number of nitrogen functional groups attached to an aromatic ring is 1. The molecule has 2 aromatic carbocycles. The summed E-state index contributed by atoms with van der Waals surface area (Å²) in [6.45, 7) is 6.78. The lowest BCUT2D eigenvalue weighted by Crippen LogP contribution is -2.54. The third kappa shape index (κ3) is 4.69.